The van der Waals surface area contributed by atoms with Crippen LogP contribution in [0.4, 0.5) is 5.69 Å². The van der Waals surface area contributed by atoms with Crippen molar-refractivity contribution in [3.05, 3.63) is 23.3 Å². The fourth-order valence-electron chi connectivity index (χ4n) is 1.83. The van der Waals surface area contributed by atoms with Gasteiger partial charge in [-0.3, -0.25) is 4.79 Å². The second-order valence-corrected chi connectivity index (χ2v) is 8.32. The van der Waals surface area contributed by atoms with Gasteiger partial charge in [0, 0.05) is 5.69 Å². The zero-order valence-electron chi connectivity index (χ0n) is 13.5. The molecule has 3 N–H and O–H groups in total. The third-order valence-electron chi connectivity index (χ3n) is 3.46. The number of thioether (sulfide) groups is 1. The Labute approximate surface area is 137 Å². The standard InChI is InChI=1S/C15H24N2O3S2/c1-5-6-7-21-12(4)15(18)17-14-9-13(22(16,19)20)8-10(2)11(14)3/h8-9,12H,5-7H2,1-4H3,(H,17,18)(H2,16,19,20)/t12-/m1/s1. The average Bonchev–Trinajstić information content (AvgIpc) is 2.42. The Kier molecular flexibility index (Phi) is 6.90. The lowest BCUT2D eigenvalue weighted by Crippen LogP contribution is -2.24. The maximum atomic E-state index is 12.2. The second-order valence-electron chi connectivity index (χ2n) is 5.31. The van der Waals surface area contributed by atoms with E-state index in [0.717, 1.165) is 29.7 Å². The predicted molar refractivity (Wildman–Crippen MR) is 92.7 cm³/mol. The number of hydrogen-bond acceptors (Lipinski definition) is 4. The van der Waals surface area contributed by atoms with Crippen molar-refractivity contribution in [1.82, 2.24) is 0 Å². The Balaban J connectivity index is 2.93. The molecule has 0 aliphatic heterocycles. The normalized spacial score (nSPS) is 13.0. The van der Waals surface area contributed by atoms with Crippen LogP contribution in [0.25, 0.3) is 0 Å². The van der Waals surface area contributed by atoms with E-state index in [1.165, 1.54) is 12.1 Å². The number of aryl methyl sites for hydroxylation is 1. The van der Waals surface area contributed by atoms with Crippen LogP contribution in [0.15, 0.2) is 17.0 Å². The van der Waals surface area contributed by atoms with Gasteiger partial charge in [-0.1, -0.05) is 13.3 Å². The van der Waals surface area contributed by atoms with E-state index in [9.17, 15) is 13.2 Å². The van der Waals surface area contributed by atoms with E-state index in [0.29, 0.717) is 5.69 Å². The van der Waals surface area contributed by atoms with E-state index in [1.54, 1.807) is 18.7 Å². The number of carbonyl (C=O) groups excluding carboxylic acids is 1. The highest BCUT2D eigenvalue weighted by molar-refractivity contribution is 8.00. The molecule has 1 amide bonds. The number of carbonyl (C=O) groups is 1. The molecule has 0 saturated heterocycles. The van der Waals surface area contributed by atoms with Crippen molar-refractivity contribution in [3.63, 3.8) is 0 Å². The van der Waals surface area contributed by atoms with Gasteiger partial charge in [0.2, 0.25) is 15.9 Å². The number of rotatable bonds is 7. The number of anilines is 1. The molecule has 0 spiro atoms. The van der Waals surface area contributed by atoms with E-state index < -0.39 is 10.0 Å². The monoisotopic (exact) mass is 344 g/mol. The molecule has 1 rings (SSSR count). The van der Waals surface area contributed by atoms with Gasteiger partial charge in [0.1, 0.15) is 0 Å². The van der Waals surface area contributed by atoms with Crippen molar-refractivity contribution in [2.75, 3.05) is 11.1 Å². The molecule has 1 aromatic rings. The molecule has 0 fully saturated rings. The molecule has 7 heteroatoms. The topological polar surface area (TPSA) is 89.3 Å². The first-order chi connectivity index (χ1) is 10.2. The molecule has 0 aliphatic carbocycles. The van der Waals surface area contributed by atoms with Crippen molar-refractivity contribution < 1.29 is 13.2 Å². The summed E-state index contributed by atoms with van der Waals surface area (Å²) in [6, 6.07) is 2.93. The zero-order chi connectivity index (χ0) is 16.9. The van der Waals surface area contributed by atoms with E-state index >= 15 is 0 Å². The summed E-state index contributed by atoms with van der Waals surface area (Å²) in [5, 5.41) is 7.79. The molecular formula is C15H24N2O3S2. The number of amides is 1. The van der Waals surface area contributed by atoms with Crippen LogP contribution in [0, 0.1) is 13.8 Å². The minimum Gasteiger partial charge on any atom is -0.325 e. The summed E-state index contributed by atoms with van der Waals surface area (Å²) in [4.78, 5) is 12.2. The molecular weight excluding hydrogens is 320 g/mol. The van der Waals surface area contributed by atoms with Crippen LogP contribution in [-0.2, 0) is 14.8 Å². The summed E-state index contributed by atoms with van der Waals surface area (Å²) in [7, 11) is -3.79. The molecule has 124 valence electrons. The molecule has 0 aliphatic rings. The fourth-order valence-corrected chi connectivity index (χ4v) is 3.48. The zero-order valence-corrected chi connectivity index (χ0v) is 15.1. The molecule has 0 aromatic heterocycles. The van der Waals surface area contributed by atoms with Gasteiger partial charge in [-0.2, -0.15) is 0 Å². The van der Waals surface area contributed by atoms with Crippen molar-refractivity contribution in [1.29, 1.82) is 0 Å². The lowest BCUT2D eigenvalue weighted by Gasteiger charge is -2.15. The Morgan fingerprint density at radius 3 is 2.55 bits per heavy atom. The van der Waals surface area contributed by atoms with Gasteiger partial charge in [0.05, 0.1) is 10.1 Å². The Morgan fingerprint density at radius 1 is 1.36 bits per heavy atom. The number of unbranched alkanes of at least 4 members (excludes halogenated alkanes) is 1. The largest absolute Gasteiger partial charge is 0.325 e. The average molecular weight is 345 g/mol. The Morgan fingerprint density at radius 2 is 2.00 bits per heavy atom. The number of hydrogen-bond donors (Lipinski definition) is 2. The van der Waals surface area contributed by atoms with E-state index in [-0.39, 0.29) is 16.1 Å². The Bertz CT molecular complexity index is 642. The van der Waals surface area contributed by atoms with Gasteiger partial charge in [0.15, 0.2) is 0 Å². The molecule has 1 aromatic carbocycles. The second kappa shape index (κ2) is 7.99. The van der Waals surface area contributed by atoms with Gasteiger partial charge in [0.25, 0.3) is 0 Å². The smallest absolute Gasteiger partial charge is 0.238 e. The van der Waals surface area contributed by atoms with Crippen molar-refractivity contribution >= 4 is 33.4 Å². The summed E-state index contributed by atoms with van der Waals surface area (Å²) in [6.07, 6.45) is 2.16. The summed E-state index contributed by atoms with van der Waals surface area (Å²) in [5.41, 5.74) is 2.11. The third-order valence-corrected chi connectivity index (χ3v) is 5.59. The quantitative estimate of drug-likeness (QED) is 0.744. The van der Waals surface area contributed by atoms with Crippen LogP contribution in [-0.4, -0.2) is 25.3 Å². The van der Waals surface area contributed by atoms with Gasteiger partial charge in [-0.05, 0) is 56.2 Å². The lowest BCUT2D eigenvalue weighted by molar-refractivity contribution is -0.115. The van der Waals surface area contributed by atoms with Crippen LogP contribution in [0.2, 0.25) is 0 Å². The molecule has 5 nitrogen and oxygen atoms in total. The first-order valence-corrected chi connectivity index (χ1v) is 9.82. The highest BCUT2D eigenvalue weighted by Gasteiger charge is 2.17. The molecule has 0 unspecified atom stereocenters. The molecule has 1 atom stereocenters. The number of primary sulfonamides is 1. The summed E-state index contributed by atoms with van der Waals surface area (Å²) >= 11 is 1.59. The van der Waals surface area contributed by atoms with Gasteiger partial charge in [-0.15, -0.1) is 11.8 Å². The van der Waals surface area contributed by atoms with E-state index in [4.69, 9.17) is 5.14 Å². The summed E-state index contributed by atoms with van der Waals surface area (Å²) in [6.45, 7) is 7.59. The van der Waals surface area contributed by atoms with Gasteiger partial charge < -0.3 is 5.32 Å². The van der Waals surface area contributed by atoms with Crippen LogP contribution < -0.4 is 10.5 Å². The number of nitrogens with one attached hydrogen (secondary N) is 1. The molecule has 22 heavy (non-hydrogen) atoms. The first-order valence-electron chi connectivity index (χ1n) is 7.23. The lowest BCUT2D eigenvalue weighted by atomic mass is 10.1. The number of benzene rings is 1. The van der Waals surface area contributed by atoms with Crippen LogP contribution >= 0.6 is 11.8 Å². The maximum absolute atomic E-state index is 12.2. The van der Waals surface area contributed by atoms with Crippen LogP contribution in [0.5, 0.6) is 0 Å². The minimum atomic E-state index is -3.79. The molecule has 0 radical (unpaired) electrons. The van der Waals surface area contributed by atoms with Crippen LogP contribution in [0.3, 0.4) is 0 Å². The van der Waals surface area contributed by atoms with Crippen molar-refractivity contribution in [2.45, 2.75) is 50.7 Å². The molecule has 0 heterocycles. The first kappa shape index (κ1) is 19.0. The number of sulfonamides is 1. The Hall–Kier alpha value is -1.05. The van der Waals surface area contributed by atoms with Crippen LogP contribution in [0.1, 0.15) is 37.8 Å². The minimum absolute atomic E-state index is 0.0113. The summed E-state index contributed by atoms with van der Waals surface area (Å²) in [5.74, 6) is 0.801. The molecule has 0 bridgehead atoms. The maximum Gasteiger partial charge on any atom is 0.238 e. The van der Waals surface area contributed by atoms with Crippen molar-refractivity contribution in [2.24, 2.45) is 5.14 Å². The SMILES string of the molecule is CCCCS[C@H](C)C(=O)Nc1cc(S(N)(=O)=O)cc(C)c1C. The highest BCUT2D eigenvalue weighted by Crippen LogP contribution is 2.24. The molecule has 0 saturated carbocycles. The van der Waals surface area contributed by atoms with Gasteiger partial charge in [-0.25, -0.2) is 13.6 Å². The third kappa shape index (κ3) is 5.30. The fraction of sp³-hybridized carbons (Fsp3) is 0.533. The van der Waals surface area contributed by atoms with E-state index in [1.807, 2.05) is 13.8 Å². The van der Waals surface area contributed by atoms with Gasteiger partial charge >= 0.3 is 0 Å². The number of nitrogens with two attached hydrogens (primary N) is 1. The highest BCUT2D eigenvalue weighted by atomic mass is 32.2. The summed E-state index contributed by atoms with van der Waals surface area (Å²) < 4.78 is 23.0. The predicted octanol–water partition coefficient (Wildman–Crippen LogP) is 2.81. The van der Waals surface area contributed by atoms with Crippen molar-refractivity contribution in [3.8, 4) is 0 Å². The van der Waals surface area contributed by atoms with E-state index in [2.05, 4.69) is 12.2 Å².